The lowest BCUT2D eigenvalue weighted by Gasteiger charge is -2.36. The first kappa shape index (κ1) is 18.1. The van der Waals surface area contributed by atoms with Crippen LogP contribution >= 0.6 is 0 Å². The molecule has 0 aliphatic carbocycles. The van der Waals surface area contributed by atoms with Gasteiger partial charge in [0.2, 0.25) is 5.91 Å². The van der Waals surface area contributed by atoms with Crippen molar-refractivity contribution in [2.24, 2.45) is 5.92 Å². The summed E-state index contributed by atoms with van der Waals surface area (Å²) in [6.07, 6.45) is 5.77. The Hall–Kier alpha value is -1.91. The molecule has 4 heteroatoms. The Labute approximate surface area is 167 Å². The van der Waals surface area contributed by atoms with Crippen LogP contribution in [0.1, 0.15) is 37.7 Å². The number of piperazine rings is 1. The Bertz CT molecular complexity index is 825. The van der Waals surface area contributed by atoms with Crippen LogP contribution in [0.4, 0.5) is 0 Å². The molecule has 0 saturated carbocycles. The summed E-state index contributed by atoms with van der Waals surface area (Å²) in [5.41, 5.74) is 1.39. The van der Waals surface area contributed by atoms with E-state index in [0.29, 0.717) is 23.9 Å². The lowest BCUT2D eigenvalue weighted by atomic mass is 9.89. The van der Waals surface area contributed by atoms with Gasteiger partial charge in [-0.05, 0) is 47.9 Å². The van der Waals surface area contributed by atoms with Gasteiger partial charge in [-0.2, -0.15) is 0 Å². The van der Waals surface area contributed by atoms with E-state index >= 15 is 0 Å². The standard InChI is InChI=1S/C24H31N3O/c28-24(16-18-14-21-8-9-22(15-18)25-21)27-12-10-26(11-13-27)17-20-6-3-5-19-4-1-2-7-23(19)20/h1-7,18,21-22,25H,8-17H2. The number of piperidine rings is 1. The SMILES string of the molecule is O=C(CC1CC2CCC(C1)N2)N1CCN(Cc2cccc3ccccc23)CC1. The molecule has 2 aromatic carbocycles. The first-order chi connectivity index (χ1) is 13.7. The predicted octanol–water partition coefficient (Wildman–Crippen LogP) is 3.40. The molecule has 148 valence electrons. The van der Waals surface area contributed by atoms with Crippen LogP contribution < -0.4 is 5.32 Å². The van der Waals surface area contributed by atoms with Crippen molar-refractivity contribution in [3.8, 4) is 0 Å². The van der Waals surface area contributed by atoms with Crippen LogP contribution in [0, 0.1) is 5.92 Å². The third-order valence-electron chi connectivity index (χ3n) is 7.03. The van der Waals surface area contributed by atoms with Crippen LogP contribution in [0.2, 0.25) is 0 Å². The second kappa shape index (κ2) is 7.84. The minimum absolute atomic E-state index is 0.385. The Morgan fingerprint density at radius 2 is 1.64 bits per heavy atom. The fourth-order valence-electron chi connectivity index (χ4n) is 5.54. The monoisotopic (exact) mass is 377 g/mol. The fourth-order valence-corrected chi connectivity index (χ4v) is 5.54. The number of amides is 1. The first-order valence-electron chi connectivity index (χ1n) is 11.0. The van der Waals surface area contributed by atoms with Gasteiger partial charge in [0, 0.05) is 51.2 Å². The highest BCUT2D eigenvalue weighted by Gasteiger charge is 2.35. The molecule has 4 nitrogen and oxygen atoms in total. The highest BCUT2D eigenvalue weighted by molar-refractivity contribution is 5.85. The van der Waals surface area contributed by atoms with Gasteiger partial charge < -0.3 is 10.2 Å². The van der Waals surface area contributed by atoms with Crippen LogP contribution in [0.3, 0.4) is 0 Å². The van der Waals surface area contributed by atoms with Gasteiger partial charge in [0.15, 0.2) is 0 Å². The highest BCUT2D eigenvalue weighted by Crippen LogP contribution is 2.33. The Morgan fingerprint density at radius 3 is 2.43 bits per heavy atom. The maximum absolute atomic E-state index is 12.8. The van der Waals surface area contributed by atoms with Crippen molar-refractivity contribution < 1.29 is 4.79 Å². The van der Waals surface area contributed by atoms with Gasteiger partial charge in [-0.15, -0.1) is 0 Å². The van der Waals surface area contributed by atoms with Gasteiger partial charge in [-0.3, -0.25) is 9.69 Å². The molecule has 1 amide bonds. The summed E-state index contributed by atoms with van der Waals surface area (Å²) in [5.74, 6) is 0.982. The van der Waals surface area contributed by atoms with E-state index in [4.69, 9.17) is 0 Å². The number of hydrogen-bond donors (Lipinski definition) is 1. The van der Waals surface area contributed by atoms with E-state index in [0.717, 1.165) is 39.1 Å². The minimum Gasteiger partial charge on any atom is -0.340 e. The first-order valence-corrected chi connectivity index (χ1v) is 11.0. The van der Waals surface area contributed by atoms with Gasteiger partial charge >= 0.3 is 0 Å². The van der Waals surface area contributed by atoms with E-state index < -0.39 is 0 Å². The molecule has 2 aromatic rings. The summed E-state index contributed by atoms with van der Waals surface area (Å²) < 4.78 is 0. The summed E-state index contributed by atoms with van der Waals surface area (Å²) >= 11 is 0. The van der Waals surface area contributed by atoms with Crippen LogP contribution in [0.15, 0.2) is 42.5 Å². The molecular formula is C24H31N3O. The Morgan fingerprint density at radius 1 is 0.929 bits per heavy atom. The van der Waals surface area contributed by atoms with Crippen LogP contribution in [0.25, 0.3) is 10.8 Å². The average Bonchev–Trinajstić information content (AvgIpc) is 3.07. The van der Waals surface area contributed by atoms with Crippen molar-refractivity contribution in [1.82, 2.24) is 15.1 Å². The van der Waals surface area contributed by atoms with Gasteiger partial charge in [-0.1, -0.05) is 42.5 Å². The van der Waals surface area contributed by atoms with Crippen molar-refractivity contribution in [3.63, 3.8) is 0 Å². The molecule has 2 bridgehead atoms. The van der Waals surface area contributed by atoms with Crippen LogP contribution in [-0.2, 0) is 11.3 Å². The number of carbonyl (C=O) groups is 1. The third-order valence-corrected chi connectivity index (χ3v) is 7.03. The molecule has 2 atom stereocenters. The van der Waals surface area contributed by atoms with Gasteiger partial charge in [0.05, 0.1) is 0 Å². The van der Waals surface area contributed by atoms with Gasteiger partial charge in [0.1, 0.15) is 0 Å². The van der Waals surface area contributed by atoms with E-state index in [-0.39, 0.29) is 0 Å². The van der Waals surface area contributed by atoms with Gasteiger partial charge in [0.25, 0.3) is 0 Å². The smallest absolute Gasteiger partial charge is 0.222 e. The molecule has 3 aliphatic heterocycles. The zero-order valence-electron chi connectivity index (χ0n) is 16.6. The number of benzene rings is 2. The molecule has 5 rings (SSSR count). The molecule has 1 N–H and O–H groups in total. The molecule has 3 heterocycles. The number of carbonyl (C=O) groups excluding carboxylic acids is 1. The molecule has 3 aliphatic rings. The maximum Gasteiger partial charge on any atom is 0.222 e. The fraction of sp³-hybridized carbons (Fsp3) is 0.542. The summed E-state index contributed by atoms with van der Waals surface area (Å²) in [5, 5.41) is 6.34. The van der Waals surface area contributed by atoms with Crippen LogP contribution in [0.5, 0.6) is 0 Å². The lowest BCUT2D eigenvalue weighted by molar-refractivity contribution is -0.134. The van der Waals surface area contributed by atoms with E-state index in [1.54, 1.807) is 0 Å². The molecule has 3 saturated heterocycles. The molecule has 0 radical (unpaired) electrons. The maximum atomic E-state index is 12.8. The summed E-state index contributed by atoms with van der Waals surface area (Å²) in [7, 11) is 0. The molecule has 28 heavy (non-hydrogen) atoms. The van der Waals surface area contributed by atoms with E-state index in [1.807, 2.05) is 0 Å². The van der Waals surface area contributed by atoms with Crippen molar-refractivity contribution >= 4 is 16.7 Å². The van der Waals surface area contributed by atoms with Crippen LogP contribution in [-0.4, -0.2) is 54.0 Å². The largest absolute Gasteiger partial charge is 0.340 e. The zero-order valence-corrected chi connectivity index (χ0v) is 16.6. The van der Waals surface area contributed by atoms with Crippen molar-refractivity contribution in [3.05, 3.63) is 48.0 Å². The van der Waals surface area contributed by atoms with Crippen molar-refractivity contribution in [2.45, 2.75) is 50.7 Å². The quantitative estimate of drug-likeness (QED) is 0.887. The molecule has 3 fully saturated rings. The predicted molar refractivity (Wildman–Crippen MR) is 113 cm³/mol. The van der Waals surface area contributed by atoms with Crippen molar-refractivity contribution in [2.75, 3.05) is 26.2 Å². The number of fused-ring (bicyclic) bond motifs is 3. The topological polar surface area (TPSA) is 35.6 Å². The van der Waals surface area contributed by atoms with Crippen molar-refractivity contribution in [1.29, 1.82) is 0 Å². The molecule has 2 unspecified atom stereocenters. The van der Waals surface area contributed by atoms with E-state index in [2.05, 4.69) is 57.6 Å². The molecule has 0 aromatic heterocycles. The molecule has 0 spiro atoms. The average molecular weight is 378 g/mol. The number of nitrogens with zero attached hydrogens (tertiary/aromatic N) is 2. The number of nitrogens with one attached hydrogen (secondary N) is 1. The van der Waals surface area contributed by atoms with Gasteiger partial charge in [-0.25, -0.2) is 0 Å². The Balaban J connectivity index is 1.14. The normalized spacial score (nSPS) is 28.0. The second-order valence-electron chi connectivity index (χ2n) is 8.97. The summed E-state index contributed by atoms with van der Waals surface area (Å²) in [6.45, 7) is 4.68. The zero-order chi connectivity index (χ0) is 18.9. The highest BCUT2D eigenvalue weighted by atomic mass is 16.2. The lowest BCUT2D eigenvalue weighted by Crippen LogP contribution is -2.49. The van der Waals surface area contributed by atoms with E-state index in [1.165, 1.54) is 42.0 Å². The third kappa shape index (κ3) is 3.81. The molecular weight excluding hydrogens is 346 g/mol. The summed E-state index contributed by atoms with van der Waals surface area (Å²) in [4.78, 5) is 17.4. The van der Waals surface area contributed by atoms with E-state index in [9.17, 15) is 4.79 Å². The number of rotatable bonds is 4. The Kier molecular flexibility index (Phi) is 5.08. The summed E-state index contributed by atoms with van der Waals surface area (Å²) in [6, 6.07) is 16.6. The minimum atomic E-state index is 0.385. The second-order valence-corrected chi connectivity index (χ2v) is 8.97. The number of hydrogen-bond acceptors (Lipinski definition) is 3.